The first-order chi connectivity index (χ1) is 15.0. The van der Waals surface area contributed by atoms with Crippen molar-refractivity contribution < 1.29 is 35.9 Å². The third-order valence-corrected chi connectivity index (χ3v) is 6.47. The van der Waals surface area contributed by atoms with E-state index in [1.807, 2.05) is 6.07 Å². The van der Waals surface area contributed by atoms with Crippen LogP contribution in [0.5, 0.6) is 11.5 Å². The molecule has 32 heavy (non-hydrogen) atoms. The Hall–Kier alpha value is -2.50. The van der Waals surface area contributed by atoms with Gasteiger partial charge in [0, 0.05) is 6.54 Å². The third-order valence-electron chi connectivity index (χ3n) is 4.60. The van der Waals surface area contributed by atoms with Crippen LogP contribution in [0, 0.1) is 0 Å². The Kier molecular flexibility index (Phi) is 7.21. The van der Waals surface area contributed by atoms with E-state index < -0.39 is 43.6 Å². The molecule has 0 spiro atoms. The van der Waals surface area contributed by atoms with Crippen LogP contribution in [0.2, 0.25) is 5.02 Å². The fourth-order valence-electron chi connectivity index (χ4n) is 2.97. The highest BCUT2D eigenvalue weighted by atomic mass is 35.5. The fourth-order valence-corrected chi connectivity index (χ4v) is 4.42. The van der Waals surface area contributed by atoms with Crippen LogP contribution in [0.1, 0.15) is 18.1 Å². The van der Waals surface area contributed by atoms with Gasteiger partial charge < -0.3 is 14.8 Å². The van der Waals surface area contributed by atoms with Crippen LogP contribution in [0.15, 0.2) is 41.3 Å². The van der Waals surface area contributed by atoms with Crippen molar-refractivity contribution in [2.45, 2.75) is 30.5 Å². The monoisotopic (exact) mass is 492 g/mol. The molecule has 7 nitrogen and oxygen atoms in total. The van der Waals surface area contributed by atoms with E-state index in [1.165, 1.54) is 6.92 Å². The Morgan fingerprint density at radius 1 is 1.12 bits per heavy atom. The summed E-state index contributed by atoms with van der Waals surface area (Å²) in [6.45, 7) is 2.42. The highest BCUT2D eigenvalue weighted by molar-refractivity contribution is 7.89. The number of nitrogens with one attached hydrogen (secondary N) is 2. The molecule has 2 N–H and O–H groups in total. The summed E-state index contributed by atoms with van der Waals surface area (Å²) in [7, 11) is -4.39. The lowest BCUT2D eigenvalue weighted by Crippen LogP contribution is -2.45. The predicted octanol–water partition coefficient (Wildman–Crippen LogP) is 3.16. The van der Waals surface area contributed by atoms with Crippen molar-refractivity contribution in [1.82, 2.24) is 10.0 Å². The van der Waals surface area contributed by atoms with Gasteiger partial charge in [0.2, 0.25) is 15.9 Å². The zero-order chi connectivity index (χ0) is 23.5. The molecule has 174 valence electrons. The summed E-state index contributed by atoms with van der Waals surface area (Å²) in [6.07, 6.45) is -4.37. The molecule has 0 bridgehead atoms. The van der Waals surface area contributed by atoms with E-state index in [0.717, 1.165) is 17.7 Å². The second kappa shape index (κ2) is 9.55. The van der Waals surface area contributed by atoms with E-state index in [1.54, 1.807) is 12.1 Å². The summed E-state index contributed by atoms with van der Waals surface area (Å²) >= 11 is 5.52. The smallest absolute Gasteiger partial charge is 0.417 e. The number of hydrogen-bond donors (Lipinski definition) is 2. The summed E-state index contributed by atoms with van der Waals surface area (Å²) in [4.78, 5) is 11.6. The lowest BCUT2D eigenvalue weighted by Gasteiger charge is -2.19. The van der Waals surface area contributed by atoms with Gasteiger partial charge in [0.05, 0.1) is 21.5 Å². The number of sulfonamides is 1. The molecule has 1 aliphatic heterocycles. The molecule has 0 unspecified atom stereocenters. The van der Waals surface area contributed by atoms with E-state index in [-0.39, 0.29) is 6.54 Å². The summed E-state index contributed by atoms with van der Waals surface area (Å²) in [5.41, 5.74) is -0.401. The van der Waals surface area contributed by atoms with E-state index in [2.05, 4.69) is 10.0 Å². The first kappa shape index (κ1) is 24.1. The van der Waals surface area contributed by atoms with Crippen LogP contribution in [0.3, 0.4) is 0 Å². The lowest BCUT2D eigenvalue weighted by atomic mass is 10.1. The second-order valence-corrected chi connectivity index (χ2v) is 9.12. The van der Waals surface area contributed by atoms with Crippen molar-refractivity contribution in [2.24, 2.45) is 0 Å². The normalized spacial score (nSPS) is 14.7. The maximum atomic E-state index is 13.0. The van der Waals surface area contributed by atoms with E-state index in [0.29, 0.717) is 37.2 Å². The molecule has 2 aromatic carbocycles. The van der Waals surface area contributed by atoms with E-state index >= 15 is 0 Å². The van der Waals surface area contributed by atoms with Crippen LogP contribution >= 0.6 is 11.6 Å². The minimum atomic E-state index is -4.82. The van der Waals surface area contributed by atoms with Gasteiger partial charge in [0.25, 0.3) is 0 Å². The van der Waals surface area contributed by atoms with Gasteiger partial charge in [-0.25, -0.2) is 8.42 Å². The van der Waals surface area contributed by atoms with E-state index in [4.69, 9.17) is 21.1 Å². The minimum Gasteiger partial charge on any atom is -0.486 e. The zero-order valence-electron chi connectivity index (χ0n) is 16.8. The van der Waals surface area contributed by atoms with Crippen molar-refractivity contribution >= 4 is 27.5 Å². The molecule has 0 radical (unpaired) electrons. The topological polar surface area (TPSA) is 93.7 Å². The van der Waals surface area contributed by atoms with Gasteiger partial charge in [-0.15, -0.1) is 0 Å². The van der Waals surface area contributed by atoms with E-state index in [9.17, 15) is 26.4 Å². The largest absolute Gasteiger partial charge is 0.486 e. The number of rotatable bonds is 7. The average molecular weight is 493 g/mol. The Bertz CT molecular complexity index is 1110. The molecule has 0 aliphatic carbocycles. The maximum absolute atomic E-state index is 13.0. The van der Waals surface area contributed by atoms with Crippen LogP contribution in [-0.2, 0) is 27.4 Å². The molecule has 12 heteroatoms. The summed E-state index contributed by atoms with van der Waals surface area (Å²) in [6, 6.07) is 6.38. The molecule has 3 rings (SSSR count). The number of hydrogen-bond acceptors (Lipinski definition) is 5. The maximum Gasteiger partial charge on any atom is 0.417 e. The van der Waals surface area contributed by atoms with Crippen molar-refractivity contribution in [1.29, 1.82) is 0 Å². The number of ether oxygens (including phenoxy) is 2. The number of amides is 1. The molecule has 0 fully saturated rings. The molecular formula is C20H20ClF3N2O5S. The van der Waals surface area contributed by atoms with Gasteiger partial charge >= 0.3 is 6.18 Å². The third kappa shape index (κ3) is 5.84. The van der Waals surface area contributed by atoms with Crippen molar-refractivity contribution in [2.75, 3.05) is 19.8 Å². The molecule has 1 amide bonds. The zero-order valence-corrected chi connectivity index (χ0v) is 18.4. The van der Waals surface area contributed by atoms with Crippen molar-refractivity contribution in [3.8, 4) is 11.5 Å². The minimum absolute atomic E-state index is 0.212. The Balaban J connectivity index is 1.58. The predicted molar refractivity (Wildman–Crippen MR) is 110 cm³/mol. The molecular weight excluding hydrogens is 473 g/mol. The fraction of sp³-hybridized carbons (Fsp3) is 0.350. The van der Waals surface area contributed by atoms with Crippen molar-refractivity contribution in [3.05, 3.63) is 52.5 Å². The summed E-state index contributed by atoms with van der Waals surface area (Å²) in [5.74, 6) is 0.626. The molecule has 1 aliphatic rings. The number of carbonyl (C=O) groups is 1. The summed E-state index contributed by atoms with van der Waals surface area (Å²) < 4.78 is 76.9. The Morgan fingerprint density at radius 3 is 2.50 bits per heavy atom. The first-order valence-corrected chi connectivity index (χ1v) is 11.4. The molecule has 0 saturated heterocycles. The van der Waals surface area contributed by atoms with Gasteiger partial charge in [-0.05, 0) is 49.2 Å². The molecule has 1 heterocycles. The number of alkyl halides is 3. The molecule has 0 aromatic heterocycles. The number of benzene rings is 2. The Morgan fingerprint density at radius 2 is 1.81 bits per heavy atom. The van der Waals surface area contributed by atoms with Gasteiger partial charge in [-0.3, -0.25) is 4.79 Å². The Labute approximate surface area is 187 Å². The average Bonchev–Trinajstić information content (AvgIpc) is 2.72. The van der Waals surface area contributed by atoms with Crippen LogP contribution < -0.4 is 19.5 Å². The standard InChI is InChI=1S/C20H20ClF3N2O5S/c1-12(26-32(28,29)14-3-4-16(21)15(11-14)20(22,23)24)19(27)25-7-6-13-2-5-17-18(10-13)31-9-8-30-17/h2-5,10-12,26H,6-9H2,1H3,(H,25,27)/t12-/m0/s1. The molecule has 0 saturated carbocycles. The van der Waals surface area contributed by atoms with Gasteiger partial charge in [0.1, 0.15) is 13.2 Å². The van der Waals surface area contributed by atoms with Gasteiger partial charge in [-0.1, -0.05) is 17.7 Å². The quantitative estimate of drug-likeness (QED) is 0.619. The molecule has 2 aromatic rings. The SMILES string of the molecule is C[C@H](NS(=O)(=O)c1ccc(Cl)c(C(F)(F)F)c1)C(=O)NCCc1ccc2c(c1)OCCO2. The van der Waals surface area contributed by atoms with Crippen LogP contribution in [0.4, 0.5) is 13.2 Å². The first-order valence-electron chi connectivity index (χ1n) is 9.53. The highest BCUT2D eigenvalue weighted by Crippen LogP contribution is 2.36. The van der Waals surface area contributed by atoms with Gasteiger partial charge in [-0.2, -0.15) is 17.9 Å². The lowest BCUT2D eigenvalue weighted by molar-refractivity contribution is -0.137. The van der Waals surface area contributed by atoms with Crippen molar-refractivity contribution in [3.63, 3.8) is 0 Å². The summed E-state index contributed by atoms with van der Waals surface area (Å²) in [5, 5.41) is 1.97. The molecule has 1 atom stereocenters. The van der Waals surface area contributed by atoms with Crippen LogP contribution in [0.25, 0.3) is 0 Å². The highest BCUT2D eigenvalue weighted by Gasteiger charge is 2.35. The van der Waals surface area contributed by atoms with Crippen LogP contribution in [-0.4, -0.2) is 40.1 Å². The number of fused-ring (bicyclic) bond motifs is 1. The van der Waals surface area contributed by atoms with Gasteiger partial charge in [0.15, 0.2) is 11.5 Å². The second-order valence-electron chi connectivity index (χ2n) is 7.00. The number of carbonyl (C=O) groups excluding carboxylic acids is 1. The number of halogens is 4.